The highest BCUT2D eigenvalue weighted by atomic mass is 16.5. The number of aliphatic carboxylic acids is 1. The van der Waals surface area contributed by atoms with Gasteiger partial charge in [-0.15, -0.1) is 0 Å². The standard InChI is InChI=1S/C16H14O3/c17-15(18)16(10-11-16)13-8-4-5-9-14(13)19-12-6-2-1-3-7-12/h1-9H,10-11H2,(H,17,18). The predicted octanol–water partition coefficient (Wildman–Crippen LogP) is 3.60. The lowest BCUT2D eigenvalue weighted by Gasteiger charge is -2.15. The average molecular weight is 254 g/mol. The quantitative estimate of drug-likeness (QED) is 0.906. The van der Waals surface area contributed by atoms with E-state index >= 15 is 0 Å². The lowest BCUT2D eigenvalue weighted by molar-refractivity contribution is -0.140. The van der Waals surface area contributed by atoms with Gasteiger partial charge < -0.3 is 9.84 Å². The van der Waals surface area contributed by atoms with Crippen LogP contribution in [-0.4, -0.2) is 11.1 Å². The molecule has 3 rings (SSSR count). The van der Waals surface area contributed by atoms with Crippen LogP contribution >= 0.6 is 0 Å². The second-order valence-electron chi connectivity index (χ2n) is 4.80. The summed E-state index contributed by atoms with van der Waals surface area (Å²) in [5.41, 5.74) is 0.0251. The van der Waals surface area contributed by atoms with E-state index in [1.165, 1.54) is 0 Å². The van der Waals surface area contributed by atoms with Gasteiger partial charge in [-0.3, -0.25) is 4.79 Å². The molecule has 0 saturated heterocycles. The first-order chi connectivity index (χ1) is 9.22. The maximum atomic E-state index is 11.4. The Balaban J connectivity index is 1.97. The molecular formula is C16H14O3. The maximum absolute atomic E-state index is 11.4. The molecule has 0 bridgehead atoms. The lowest BCUT2D eigenvalue weighted by atomic mass is 9.95. The van der Waals surface area contributed by atoms with Crippen LogP contribution in [-0.2, 0) is 10.2 Å². The molecule has 0 unspecified atom stereocenters. The van der Waals surface area contributed by atoms with Crippen molar-refractivity contribution in [2.24, 2.45) is 0 Å². The van der Waals surface area contributed by atoms with E-state index in [0.717, 1.165) is 11.3 Å². The summed E-state index contributed by atoms with van der Waals surface area (Å²) in [6.07, 6.45) is 1.36. The van der Waals surface area contributed by atoms with Crippen LogP contribution in [0.5, 0.6) is 11.5 Å². The Morgan fingerprint density at radius 2 is 1.63 bits per heavy atom. The monoisotopic (exact) mass is 254 g/mol. The van der Waals surface area contributed by atoms with Crippen molar-refractivity contribution in [3.63, 3.8) is 0 Å². The zero-order chi connectivity index (χ0) is 13.3. The first kappa shape index (κ1) is 11.8. The third kappa shape index (κ3) is 2.08. The van der Waals surface area contributed by atoms with Crippen LogP contribution in [0.1, 0.15) is 18.4 Å². The highest BCUT2D eigenvalue weighted by Gasteiger charge is 2.53. The number of ether oxygens (including phenoxy) is 1. The Morgan fingerprint density at radius 3 is 2.26 bits per heavy atom. The Bertz CT molecular complexity index is 600. The molecule has 1 aliphatic carbocycles. The van der Waals surface area contributed by atoms with E-state index in [-0.39, 0.29) is 0 Å². The number of carboxylic acids is 1. The van der Waals surface area contributed by atoms with Gasteiger partial charge in [0.2, 0.25) is 0 Å². The summed E-state index contributed by atoms with van der Waals surface area (Å²) in [6.45, 7) is 0. The molecule has 96 valence electrons. The first-order valence-electron chi connectivity index (χ1n) is 6.28. The Kier molecular flexibility index (Phi) is 2.75. The minimum Gasteiger partial charge on any atom is -0.481 e. The Hall–Kier alpha value is -2.29. The molecule has 0 radical (unpaired) electrons. The highest BCUT2D eigenvalue weighted by Crippen LogP contribution is 2.51. The van der Waals surface area contributed by atoms with Crippen molar-refractivity contribution in [3.05, 3.63) is 60.2 Å². The van der Waals surface area contributed by atoms with Crippen molar-refractivity contribution >= 4 is 5.97 Å². The minimum absolute atomic E-state index is 0.633. The minimum atomic E-state index is -0.767. The number of carboxylic acid groups (broad SMARTS) is 1. The molecule has 1 aliphatic rings. The first-order valence-corrected chi connectivity index (χ1v) is 6.28. The maximum Gasteiger partial charge on any atom is 0.314 e. The zero-order valence-electron chi connectivity index (χ0n) is 10.4. The SMILES string of the molecule is O=C(O)C1(c2ccccc2Oc2ccccc2)CC1. The largest absolute Gasteiger partial charge is 0.481 e. The second kappa shape index (κ2) is 4.43. The van der Waals surface area contributed by atoms with Crippen LogP contribution in [0.4, 0.5) is 0 Å². The molecule has 3 heteroatoms. The van der Waals surface area contributed by atoms with Gasteiger partial charge in [-0.1, -0.05) is 36.4 Å². The summed E-state index contributed by atoms with van der Waals surface area (Å²) in [6, 6.07) is 16.8. The molecule has 0 atom stereocenters. The number of carbonyl (C=O) groups is 1. The van der Waals surface area contributed by atoms with Crippen molar-refractivity contribution in [1.82, 2.24) is 0 Å². The fourth-order valence-electron chi connectivity index (χ4n) is 2.29. The molecule has 0 spiro atoms. The second-order valence-corrected chi connectivity index (χ2v) is 4.80. The van der Waals surface area contributed by atoms with Crippen molar-refractivity contribution in [1.29, 1.82) is 0 Å². The summed E-state index contributed by atoms with van der Waals surface area (Å²) in [5, 5.41) is 9.39. The summed E-state index contributed by atoms with van der Waals surface area (Å²) < 4.78 is 5.82. The van der Waals surface area contributed by atoms with Gasteiger partial charge in [-0.2, -0.15) is 0 Å². The third-order valence-electron chi connectivity index (χ3n) is 3.53. The molecule has 1 saturated carbocycles. The van der Waals surface area contributed by atoms with Crippen molar-refractivity contribution in [3.8, 4) is 11.5 Å². The van der Waals surface area contributed by atoms with Crippen molar-refractivity contribution in [2.75, 3.05) is 0 Å². The van der Waals surface area contributed by atoms with Gasteiger partial charge in [0.15, 0.2) is 0 Å². The molecule has 0 aliphatic heterocycles. The number of benzene rings is 2. The van der Waals surface area contributed by atoms with Crippen LogP contribution in [0.2, 0.25) is 0 Å². The van der Waals surface area contributed by atoms with Crippen molar-refractivity contribution < 1.29 is 14.6 Å². The molecule has 19 heavy (non-hydrogen) atoms. The molecule has 1 fully saturated rings. The third-order valence-corrected chi connectivity index (χ3v) is 3.53. The molecule has 0 amide bonds. The van der Waals surface area contributed by atoms with E-state index in [2.05, 4.69) is 0 Å². The number of rotatable bonds is 4. The van der Waals surface area contributed by atoms with Gasteiger partial charge in [0.25, 0.3) is 0 Å². The van der Waals surface area contributed by atoms with E-state index in [9.17, 15) is 9.90 Å². The topological polar surface area (TPSA) is 46.5 Å². The highest BCUT2D eigenvalue weighted by molar-refractivity contribution is 5.86. The van der Waals surface area contributed by atoms with Crippen molar-refractivity contribution in [2.45, 2.75) is 18.3 Å². The van der Waals surface area contributed by atoms with Gasteiger partial charge >= 0.3 is 5.97 Å². The molecular weight excluding hydrogens is 240 g/mol. The predicted molar refractivity (Wildman–Crippen MR) is 71.5 cm³/mol. The fraction of sp³-hybridized carbons (Fsp3) is 0.188. The normalized spacial score (nSPS) is 15.8. The van der Waals surface area contributed by atoms with E-state index < -0.39 is 11.4 Å². The van der Waals surface area contributed by atoms with Crippen LogP contribution in [0.15, 0.2) is 54.6 Å². The van der Waals surface area contributed by atoms with Gasteiger partial charge in [0, 0.05) is 5.56 Å². The van der Waals surface area contributed by atoms with Gasteiger partial charge in [-0.25, -0.2) is 0 Å². The summed E-state index contributed by atoms with van der Waals surface area (Å²) in [5.74, 6) is 0.585. The van der Waals surface area contributed by atoms with Crippen LogP contribution in [0.3, 0.4) is 0 Å². The van der Waals surface area contributed by atoms with E-state index in [4.69, 9.17) is 4.74 Å². The molecule has 2 aromatic rings. The Morgan fingerprint density at radius 1 is 1.00 bits per heavy atom. The smallest absolute Gasteiger partial charge is 0.314 e. The number of para-hydroxylation sites is 2. The molecule has 0 heterocycles. The molecule has 0 aromatic heterocycles. The summed E-state index contributed by atoms with van der Waals surface area (Å²) in [4.78, 5) is 11.4. The molecule has 1 N–H and O–H groups in total. The lowest BCUT2D eigenvalue weighted by Crippen LogP contribution is -2.20. The van der Waals surface area contributed by atoms with Crippen LogP contribution in [0.25, 0.3) is 0 Å². The summed E-state index contributed by atoms with van der Waals surface area (Å²) >= 11 is 0. The van der Waals surface area contributed by atoms with Crippen LogP contribution in [0, 0.1) is 0 Å². The zero-order valence-corrected chi connectivity index (χ0v) is 10.4. The fourth-order valence-corrected chi connectivity index (χ4v) is 2.29. The van der Waals surface area contributed by atoms with E-state index in [0.29, 0.717) is 18.6 Å². The molecule has 3 nitrogen and oxygen atoms in total. The van der Waals surface area contributed by atoms with Crippen LogP contribution < -0.4 is 4.74 Å². The van der Waals surface area contributed by atoms with Gasteiger partial charge in [0.1, 0.15) is 11.5 Å². The van der Waals surface area contributed by atoms with E-state index in [1.54, 1.807) is 0 Å². The van der Waals surface area contributed by atoms with Gasteiger partial charge in [0.05, 0.1) is 5.41 Å². The number of hydrogen-bond acceptors (Lipinski definition) is 2. The summed E-state index contributed by atoms with van der Waals surface area (Å²) in [7, 11) is 0. The molecule has 2 aromatic carbocycles. The number of hydrogen-bond donors (Lipinski definition) is 1. The Labute approximate surface area is 111 Å². The van der Waals surface area contributed by atoms with E-state index in [1.807, 2.05) is 54.6 Å². The average Bonchev–Trinajstić information content (AvgIpc) is 3.22. The van der Waals surface area contributed by atoms with Gasteiger partial charge in [-0.05, 0) is 31.0 Å².